The van der Waals surface area contributed by atoms with Crippen LogP contribution in [0.5, 0.6) is 0 Å². The zero-order valence-corrected chi connectivity index (χ0v) is 6.37. The summed E-state index contributed by atoms with van der Waals surface area (Å²) in [6, 6.07) is 0. The molecule has 0 spiro atoms. The smallest absolute Gasteiger partial charge is 0.111 e. The van der Waals surface area contributed by atoms with Gasteiger partial charge < -0.3 is 0 Å². The van der Waals surface area contributed by atoms with Gasteiger partial charge in [-0.1, -0.05) is 31.2 Å². The molecule has 0 aromatic heterocycles. The molecule has 2 N–H and O–H groups in total. The Hall–Kier alpha value is -0.600. The summed E-state index contributed by atoms with van der Waals surface area (Å²) in [5.74, 6) is 5.49. The van der Waals surface area contributed by atoms with Crippen molar-refractivity contribution in [3.8, 4) is 0 Å². The van der Waals surface area contributed by atoms with Gasteiger partial charge in [0.1, 0.15) is 5.60 Å². The fraction of sp³-hybridized carbons (Fsp3) is 0.500. The first kappa shape index (κ1) is 7.51. The minimum atomic E-state index is -0.311. The molecule has 0 aromatic rings. The summed E-state index contributed by atoms with van der Waals surface area (Å²) in [5.41, 5.74) is -0.311. The van der Waals surface area contributed by atoms with Gasteiger partial charge in [-0.15, -0.1) is 0 Å². The van der Waals surface area contributed by atoms with E-state index >= 15 is 0 Å². The molecule has 0 radical (unpaired) electrons. The molecular formula is C8H13NO. The minimum absolute atomic E-state index is 0.311. The molecule has 1 rings (SSSR count). The molecule has 0 heterocycles. The van der Waals surface area contributed by atoms with E-state index in [-0.39, 0.29) is 5.60 Å². The van der Waals surface area contributed by atoms with Crippen LogP contribution in [-0.2, 0) is 4.84 Å². The third kappa shape index (κ3) is 1.13. The van der Waals surface area contributed by atoms with Crippen LogP contribution < -0.4 is 5.90 Å². The maximum atomic E-state index is 5.14. The van der Waals surface area contributed by atoms with Crippen molar-refractivity contribution >= 4 is 0 Å². The Morgan fingerprint density at radius 3 is 2.60 bits per heavy atom. The molecule has 2 atom stereocenters. The highest BCUT2D eigenvalue weighted by Gasteiger charge is 2.28. The lowest BCUT2D eigenvalue weighted by molar-refractivity contribution is -0.0221. The monoisotopic (exact) mass is 139 g/mol. The molecule has 0 saturated carbocycles. The number of nitrogens with two attached hydrogens (primary N) is 1. The van der Waals surface area contributed by atoms with E-state index in [1.165, 1.54) is 0 Å². The molecule has 0 saturated heterocycles. The summed E-state index contributed by atoms with van der Waals surface area (Å²) in [6.07, 6.45) is 8.00. The van der Waals surface area contributed by atoms with Crippen LogP contribution in [0, 0.1) is 5.92 Å². The molecule has 1 aliphatic carbocycles. The Bertz CT molecular complexity index is 174. The van der Waals surface area contributed by atoms with Crippen LogP contribution in [-0.4, -0.2) is 5.60 Å². The van der Waals surface area contributed by atoms with Crippen molar-refractivity contribution in [2.45, 2.75) is 19.4 Å². The SMILES string of the molecule is CC1C=CC=CC1(C)ON. The lowest BCUT2D eigenvalue weighted by atomic mass is 9.87. The Morgan fingerprint density at radius 1 is 1.50 bits per heavy atom. The first-order valence-corrected chi connectivity index (χ1v) is 3.43. The van der Waals surface area contributed by atoms with Gasteiger partial charge in [-0.05, 0) is 6.92 Å². The molecule has 0 amide bonds. The molecule has 0 fully saturated rings. The highest BCUT2D eigenvalue weighted by Crippen LogP contribution is 2.25. The van der Waals surface area contributed by atoms with Crippen LogP contribution in [0.3, 0.4) is 0 Å². The van der Waals surface area contributed by atoms with Crippen molar-refractivity contribution in [2.24, 2.45) is 11.8 Å². The zero-order chi connectivity index (χ0) is 7.61. The summed E-state index contributed by atoms with van der Waals surface area (Å²) in [4.78, 5) is 4.85. The molecule has 2 nitrogen and oxygen atoms in total. The Morgan fingerprint density at radius 2 is 2.20 bits per heavy atom. The topological polar surface area (TPSA) is 35.2 Å². The molecule has 1 aliphatic rings. The van der Waals surface area contributed by atoms with Crippen molar-refractivity contribution < 1.29 is 4.84 Å². The van der Waals surface area contributed by atoms with Crippen LogP contribution in [0.15, 0.2) is 24.3 Å². The highest BCUT2D eigenvalue weighted by molar-refractivity contribution is 5.19. The van der Waals surface area contributed by atoms with E-state index in [9.17, 15) is 0 Å². The van der Waals surface area contributed by atoms with Crippen LogP contribution >= 0.6 is 0 Å². The predicted molar refractivity (Wildman–Crippen MR) is 41.1 cm³/mol. The van der Waals surface area contributed by atoms with E-state index < -0.39 is 0 Å². The van der Waals surface area contributed by atoms with E-state index in [1.54, 1.807) is 0 Å². The van der Waals surface area contributed by atoms with E-state index in [2.05, 4.69) is 13.0 Å². The van der Waals surface area contributed by atoms with E-state index in [1.807, 2.05) is 25.2 Å². The van der Waals surface area contributed by atoms with Crippen molar-refractivity contribution in [2.75, 3.05) is 0 Å². The zero-order valence-electron chi connectivity index (χ0n) is 6.37. The average molecular weight is 139 g/mol. The van der Waals surface area contributed by atoms with Gasteiger partial charge in [0.15, 0.2) is 0 Å². The van der Waals surface area contributed by atoms with Gasteiger partial charge in [-0.3, -0.25) is 4.84 Å². The van der Waals surface area contributed by atoms with E-state index in [4.69, 9.17) is 10.7 Å². The molecule has 0 aliphatic heterocycles. The third-order valence-electron chi connectivity index (χ3n) is 2.10. The van der Waals surface area contributed by atoms with Gasteiger partial charge in [-0.2, -0.15) is 0 Å². The normalized spacial score (nSPS) is 38.5. The van der Waals surface area contributed by atoms with Gasteiger partial charge in [0.2, 0.25) is 0 Å². The maximum absolute atomic E-state index is 5.14. The second-order valence-electron chi connectivity index (χ2n) is 2.83. The van der Waals surface area contributed by atoms with Gasteiger partial charge in [0, 0.05) is 5.92 Å². The lowest BCUT2D eigenvalue weighted by Gasteiger charge is -2.29. The number of hydrogen-bond acceptors (Lipinski definition) is 2. The quantitative estimate of drug-likeness (QED) is 0.557. The van der Waals surface area contributed by atoms with Crippen molar-refractivity contribution in [3.05, 3.63) is 24.3 Å². The Kier molecular flexibility index (Phi) is 1.92. The molecule has 56 valence electrons. The summed E-state index contributed by atoms with van der Waals surface area (Å²) >= 11 is 0. The van der Waals surface area contributed by atoms with Gasteiger partial charge in [-0.25, -0.2) is 5.90 Å². The summed E-state index contributed by atoms with van der Waals surface area (Å²) in [5, 5.41) is 0. The fourth-order valence-electron chi connectivity index (χ4n) is 0.967. The minimum Gasteiger partial charge on any atom is -0.294 e. The molecular weight excluding hydrogens is 126 g/mol. The number of allylic oxidation sites excluding steroid dienone is 2. The molecule has 10 heavy (non-hydrogen) atoms. The Balaban J connectivity index is 2.77. The average Bonchev–Trinajstić information content (AvgIpc) is 1.96. The van der Waals surface area contributed by atoms with Crippen molar-refractivity contribution in [1.29, 1.82) is 0 Å². The predicted octanol–water partition coefficient (Wildman–Crippen LogP) is 1.40. The van der Waals surface area contributed by atoms with Crippen LogP contribution in [0.1, 0.15) is 13.8 Å². The van der Waals surface area contributed by atoms with Gasteiger partial charge >= 0.3 is 0 Å². The standard InChI is InChI=1S/C8H13NO/c1-7-5-3-4-6-8(7,2)10-9/h3-7H,9H2,1-2H3. The highest BCUT2D eigenvalue weighted by atomic mass is 16.6. The third-order valence-corrected chi connectivity index (χ3v) is 2.10. The first-order valence-electron chi connectivity index (χ1n) is 3.43. The van der Waals surface area contributed by atoms with Crippen LogP contribution in [0.2, 0.25) is 0 Å². The van der Waals surface area contributed by atoms with E-state index in [0.717, 1.165) is 0 Å². The largest absolute Gasteiger partial charge is 0.294 e. The number of hydrogen-bond donors (Lipinski definition) is 1. The second kappa shape index (κ2) is 2.56. The second-order valence-corrected chi connectivity index (χ2v) is 2.83. The molecule has 2 unspecified atom stereocenters. The van der Waals surface area contributed by atoms with Crippen molar-refractivity contribution in [1.82, 2.24) is 0 Å². The van der Waals surface area contributed by atoms with Crippen LogP contribution in [0.25, 0.3) is 0 Å². The molecule has 0 bridgehead atoms. The number of rotatable bonds is 1. The van der Waals surface area contributed by atoms with Gasteiger partial charge in [0.25, 0.3) is 0 Å². The van der Waals surface area contributed by atoms with Crippen LogP contribution in [0.4, 0.5) is 0 Å². The molecule has 2 heteroatoms. The molecule has 0 aromatic carbocycles. The summed E-state index contributed by atoms with van der Waals surface area (Å²) in [7, 11) is 0. The van der Waals surface area contributed by atoms with Gasteiger partial charge in [0.05, 0.1) is 0 Å². The summed E-state index contributed by atoms with van der Waals surface area (Å²) in [6.45, 7) is 4.05. The summed E-state index contributed by atoms with van der Waals surface area (Å²) < 4.78 is 0. The van der Waals surface area contributed by atoms with Crippen molar-refractivity contribution in [3.63, 3.8) is 0 Å². The fourth-order valence-corrected chi connectivity index (χ4v) is 0.967. The van der Waals surface area contributed by atoms with E-state index in [0.29, 0.717) is 5.92 Å². The first-order chi connectivity index (χ1) is 4.69. The maximum Gasteiger partial charge on any atom is 0.111 e. The lowest BCUT2D eigenvalue weighted by Crippen LogP contribution is -2.36. The Labute approximate surface area is 61.3 Å².